The zero-order valence-electron chi connectivity index (χ0n) is 15.0. The van der Waals surface area contributed by atoms with Crippen LogP contribution in [0.5, 0.6) is 5.75 Å². The number of methoxy groups -OCH3 is 1. The average molecular weight is 404 g/mol. The summed E-state index contributed by atoms with van der Waals surface area (Å²) in [6.07, 6.45) is 1.64. The number of anilines is 2. The Labute approximate surface area is 162 Å². The van der Waals surface area contributed by atoms with Crippen LogP contribution in [0.2, 0.25) is 0 Å². The highest BCUT2D eigenvalue weighted by Crippen LogP contribution is 2.25. The first-order chi connectivity index (χ1) is 13.5. The summed E-state index contributed by atoms with van der Waals surface area (Å²) < 4.78 is 16.9. The highest BCUT2D eigenvalue weighted by molar-refractivity contribution is 7.17. The number of ether oxygens (including phenoxy) is 2. The highest BCUT2D eigenvalue weighted by atomic mass is 32.1. The topological polar surface area (TPSA) is 133 Å². The van der Waals surface area contributed by atoms with Crippen LogP contribution in [0, 0.1) is 6.92 Å². The Morgan fingerprint density at radius 2 is 2.21 bits per heavy atom. The van der Waals surface area contributed by atoms with Crippen LogP contribution < -0.4 is 21.0 Å². The molecule has 0 aromatic carbocycles. The van der Waals surface area contributed by atoms with Crippen LogP contribution in [0.3, 0.4) is 0 Å². The molecule has 1 aliphatic heterocycles. The van der Waals surface area contributed by atoms with E-state index in [0.29, 0.717) is 24.0 Å². The normalized spacial score (nSPS) is 13.8. The first-order valence-electron chi connectivity index (χ1n) is 8.27. The van der Waals surface area contributed by atoms with E-state index in [1.807, 2.05) is 13.0 Å². The summed E-state index contributed by atoms with van der Waals surface area (Å²) in [6, 6.07) is 3.27. The van der Waals surface area contributed by atoms with Gasteiger partial charge in [-0.3, -0.25) is 10.1 Å². The number of carbonyl (C=O) groups is 1. The molecule has 1 fully saturated rings. The van der Waals surface area contributed by atoms with E-state index >= 15 is 0 Å². The molecule has 12 heteroatoms. The van der Waals surface area contributed by atoms with Gasteiger partial charge < -0.3 is 19.2 Å². The molecule has 0 aliphatic carbocycles. The summed E-state index contributed by atoms with van der Waals surface area (Å²) in [7, 11) is 1.36. The van der Waals surface area contributed by atoms with E-state index in [-0.39, 0.29) is 22.7 Å². The zero-order valence-corrected chi connectivity index (χ0v) is 15.8. The molecule has 0 atom stereocenters. The van der Waals surface area contributed by atoms with Gasteiger partial charge in [-0.2, -0.15) is 5.10 Å². The summed E-state index contributed by atoms with van der Waals surface area (Å²) in [5, 5.41) is 18.5. The van der Waals surface area contributed by atoms with E-state index in [2.05, 4.69) is 25.9 Å². The molecule has 3 aromatic heterocycles. The van der Waals surface area contributed by atoms with Crippen molar-refractivity contribution in [2.45, 2.75) is 13.0 Å². The lowest BCUT2D eigenvalue weighted by Gasteiger charge is -2.28. The molecule has 0 bridgehead atoms. The molecule has 11 nitrogen and oxygen atoms in total. The smallest absolute Gasteiger partial charge is 0.381 e. The van der Waals surface area contributed by atoms with E-state index in [1.54, 1.807) is 10.9 Å². The van der Waals surface area contributed by atoms with Crippen molar-refractivity contribution in [3.63, 3.8) is 0 Å². The summed E-state index contributed by atoms with van der Waals surface area (Å²) in [5.74, 6) is -0.816. The molecule has 0 unspecified atom stereocenters. The van der Waals surface area contributed by atoms with Crippen LogP contribution in [0.15, 0.2) is 27.5 Å². The lowest BCUT2D eigenvalue weighted by molar-refractivity contribution is 0.0210. The second kappa shape index (κ2) is 7.40. The lowest BCUT2D eigenvalue weighted by atomic mass is 10.2. The van der Waals surface area contributed by atoms with Gasteiger partial charge in [0.15, 0.2) is 5.76 Å². The maximum atomic E-state index is 12.5. The minimum atomic E-state index is -0.761. The fourth-order valence-corrected chi connectivity index (χ4v) is 3.27. The molecule has 1 saturated heterocycles. The summed E-state index contributed by atoms with van der Waals surface area (Å²) in [4.78, 5) is 24.7. The number of amides is 1. The highest BCUT2D eigenvalue weighted by Gasteiger charge is 2.24. The fourth-order valence-electron chi connectivity index (χ4n) is 2.51. The van der Waals surface area contributed by atoms with Gasteiger partial charge >= 0.3 is 5.63 Å². The van der Waals surface area contributed by atoms with Gasteiger partial charge in [-0.1, -0.05) is 11.3 Å². The number of aryl methyl sites for hydroxylation is 1. The molecule has 0 radical (unpaired) electrons. The number of nitrogens with one attached hydrogen (secondary N) is 2. The van der Waals surface area contributed by atoms with Crippen LogP contribution in [0.1, 0.15) is 16.2 Å². The third kappa shape index (κ3) is 3.46. The van der Waals surface area contributed by atoms with Gasteiger partial charge in [0.05, 0.1) is 32.1 Å². The predicted molar refractivity (Wildman–Crippen MR) is 99.5 cm³/mol. The van der Waals surface area contributed by atoms with Crippen molar-refractivity contribution in [2.24, 2.45) is 0 Å². The number of hydrogen-bond acceptors (Lipinski definition) is 10. The number of rotatable bonds is 6. The van der Waals surface area contributed by atoms with Crippen LogP contribution >= 0.6 is 11.3 Å². The van der Waals surface area contributed by atoms with E-state index in [0.717, 1.165) is 17.0 Å². The maximum absolute atomic E-state index is 12.5. The Bertz CT molecular complexity index is 1070. The Hall–Kier alpha value is -3.25. The van der Waals surface area contributed by atoms with Gasteiger partial charge in [-0.05, 0) is 13.0 Å². The molecule has 0 spiro atoms. The van der Waals surface area contributed by atoms with Crippen LogP contribution in [0.4, 0.5) is 10.8 Å². The molecular formula is C16H16N6O5S. The predicted octanol–water partition coefficient (Wildman–Crippen LogP) is 1.06. The van der Waals surface area contributed by atoms with Gasteiger partial charge in [0.2, 0.25) is 16.0 Å². The van der Waals surface area contributed by atoms with Crippen molar-refractivity contribution in [3.05, 3.63) is 40.2 Å². The molecule has 4 rings (SSSR count). The molecule has 4 heterocycles. The Kier molecular flexibility index (Phi) is 4.79. The molecular weight excluding hydrogens is 388 g/mol. The quantitative estimate of drug-likeness (QED) is 0.618. The second-order valence-corrected chi connectivity index (χ2v) is 6.91. The van der Waals surface area contributed by atoms with Crippen LogP contribution in [-0.4, -0.2) is 52.3 Å². The Morgan fingerprint density at radius 3 is 2.86 bits per heavy atom. The van der Waals surface area contributed by atoms with Crippen LogP contribution in [-0.2, 0) is 4.74 Å². The van der Waals surface area contributed by atoms with Crippen molar-refractivity contribution >= 4 is 28.1 Å². The summed E-state index contributed by atoms with van der Waals surface area (Å²) in [6.45, 7) is 2.89. The van der Waals surface area contributed by atoms with E-state index in [1.165, 1.54) is 13.2 Å². The van der Waals surface area contributed by atoms with Crippen molar-refractivity contribution in [1.29, 1.82) is 0 Å². The monoisotopic (exact) mass is 404 g/mol. The number of aromatic nitrogens is 4. The minimum Gasteiger partial charge on any atom is -0.488 e. The average Bonchev–Trinajstić information content (AvgIpc) is 3.26. The van der Waals surface area contributed by atoms with E-state index in [4.69, 9.17) is 13.9 Å². The summed E-state index contributed by atoms with van der Waals surface area (Å²) >= 11 is 1.14. The molecule has 146 valence electrons. The number of hydrogen-bond donors (Lipinski definition) is 2. The zero-order chi connectivity index (χ0) is 19.7. The largest absolute Gasteiger partial charge is 0.488 e. The first-order valence-corrected chi connectivity index (χ1v) is 9.09. The molecule has 3 aromatic rings. The maximum Gasteiger partial charge on any atom is 0.381 e. The summed E-state index contributed by atoms with van der Waals surface area (Å²) in [5.41, 5.74) is 0.483. The second-order valence-electron chi connectivity index (χ2n) is 5.95. The van der Waals surface area contributed by atoms with Gasteiger partial charge in [0.25, 0.3) is 5.91 Å². The van der Waals surface area contributed by atoms with Crippen molar-refractivity contribution < 1.29 is 18.7 Å². The van der Waals surface area contributed by atoms with Crippen molar-refractivity contribution in [3.8, 4) is 10.9 Å². The molecule has 1 amide bonds. The van der Waals surface area contributed by atoms with E-state index < -0.39 is 11.5 Å². The molecule has 0 saturated carbocycles. The Morgan fingerprint density at radius 1 is 1.39 bits per heavy atom. The SMILES string of the molecule is COc1c(NC2COC2)cc(C(=O)Nc2nnc(-n3nccc3C)s2)oc1=O. The van der Waals surface area contributed by atoms with Gasteiger partial charge in [0, 0.05) is 18.0 Å². The molecule has 2 N–H and O–H groups in total. The first kappa shape index (κ1) is 18.1. The van der Waals surface area contributed by atoms with Gasteiger partial charge in [0.1, 0.15) is 0 Å². The number of carbonyl (C=O) groups excluding carboxylic acids is 1. The Balaban J connectivity index is 1.55. The lowest BCUT2D eigenvalue weighted by Crippen LogP contribution is -2.40. The third-order valence-electron chi connectivity index (χ3n) is 3.98. The van der Waals surface area contributed by atoms with Crippen molar-refractivity contribution in [2.75, 3.05) is 31.0 Å². The molecule has 28 heavy (non-hydrogen) atoms. The molecule has 1 aliphatic rings. The minimum absolute atomic E-state index is 0.00388. The van der Waals surface area contributed by atoms with Crippen molar-refractivity contribution in [1.82, 2.24) is 20.0 Å². The van der Waals surface area contributed by atoms with E-state index in [9.17, 15) is 9.59 Å². The number of nitrogens with zero attached hydrogens (tertiary/aromatic N) is 4. The fraction of sp³-hybridized carbons (Fsp3) is 0.312. The third-order valence-corrected chi connectivity index (χ3v) is 4.80. The van der Waals surface area contributed by atoms with Crippen LogP contribution in [0.25, 0.3) is 5.13 Å². The van der Waals surface area contributed by atoms with Gasteiger partial charge in [-0.15, -0.1) is 10.2 Å². The standard InChI is InChI=1S/C16H16N6O5S/c1-8-3-4-17-22(8)16-21-20-15(28-16)19-13(23)11-5-10(18-9-6-26-7-9)12(25-2)14(24)27-11/h3-5,9,18H,6-7H2,1-2H3,(H,19,20,23). The van der Waals surface area contributed by atoms with Gasteiger partial charge in [-0.25, -0.2) is 9.48 Å².